The molecule has 5 aromatic rings. The van der Waals surface area contributed by atoms with E-state index < -0.39 is 11.7 Å². The third-order valence-corrected chi connectivity index (χ3v) is 8.54. The lowest BCUT2D eigenvalue weighted by molar-refractivity contribution is -0.137. The van der Waals surface area contributed by atoms with Gasteiger partial charge in [-0.1, -0.05) is 30.3 Å². The van der Waals surface area contributed by atoms with E-state index in [9.17, 15) is 18.0 Å². The van der Waals surface area contributed by atoms with Crippen molar-refractivity contribution in [2.45, 2.75) is 38.1 Å². The summed E-state index contributed by atoms with van der Waals surface area (Å²) in [6.07, 6.45) is 7.65. The number of carbonyl (C=O) groups excluding carboxylic acids is 1. The average molecular weight is 625 g/mol. The summed E-state index contributed by atoms with van der Waals surface area (Å²) in [6, 6.07) is 22.9. The summed E-state index contributed by atoms with van der Waals surface area (Å²) in [4.78, 5) is 28.7. The number of imidazole rings is 1. The average Bonchev–Trinajstić information content (AvgIpc) is 3.49. The highest BCUT2D eigenvalue weighted by Gasteiger charge is 2.30. The fourth-order valence-electron chi connectivity index (χ4n) is 5.88. The van der Waals surface area contributed by atoms with Gasteiger partial charge < -0.3 is 14.2 Å². The molecule has 0 bridgehead atoms. The van der Waals surface area contributed by atoms with E-state index in [-0.39, 0.29) is 11.9 Å². The van der Waals surface area contributed by atoms with Crippen LogP contribution in [0.4, 0.5) is 24.5 Å². The molecule has 0 radical (unpaired) electrons. The number of alkyl halides is 3. The number of hydrogen-bond acceptors (Lipinski definition) is 5. The lowest BCUT2D eigenvalue weighted by Gasteiger charge is -2.38. The Morgan fingerprint density at radius 2 is 1.63 bits per heavy atom. The van der Waals surface area contributed by atoms with E-state index in [1.165, 1.54) is 18.2 Å². The number of carbonyl (C=O) groups is 1. The van der Waals surface area contributed by atoms with Crippen molar-refractivity contribution in [3.05, 3.63) is 132 Å². The van der Waals surface area contributed by atoms with Gasteiger partial charge in [-0.3, -0.25) is 14.7 Å². The molecule has 0 aliphatic carbocycles. The number of hydrogen-bond donors (Lipinski definition) is 0. The van der Waals surface area contributed by atoms with Gasteiger partial charge in [0.2, 0.25) is 5.91 Å². The molecule has 0 saturated carbocycles. The Morgan fingerprint density at radius 3 is 2.33 bits per heavy atom. The van der Waals surface area contributed by atoms with Gasteiger partial charge in [0.1, 0.15) is 5.82 Å². The van der Waals surface area contributed by atoms with Crippen LogP contribution in [0.3, 0.4) is 0 Å². The van der Waals surface area contributed by atoms with Crippen molar-refractivity contribution >= 4 is 28.9 Å². The molecule has 4 heterocycles. The number of benzene rings is 2. The largest absolute Gasteiger partial charge is 0.416 e. The summed E-state index contributed by atoms with van der Waals surface area (Å²) in [5.41, 5.74) is 3.90. The van der Waals surface area contributed by atoms with Crippen molar-refractivity contribution in [2.75, 3.05) is 25.0 Å². The molecule has 1 saturated heterocycles. The molecule has 1 fully saturated rings. The number of pyridine rings is 2. The van der Waals surface area contributed by atoms with Gasteiger partial charge >= 0.3 is 6.18 Å². The van der Waals surface area contributed by atoms with Gasteiger partial charge in [-0.15, -0.1) is 0 Å². The zero-order valence-corrected chi connectivity index (χ0v) is 25.5. The van der Waals surface area contributed by atoms with Crippen molar-refractivity contribution in [1.82, 2.24) is 24.2 Å². The highest BCUT2D eigenvalue weighted by molar-refractivity contribution is 5.92. The minimum atomic E-state index is -4.41. The topological polar surface area (TPSA) is 57.0 Å². The molecular formula is C36H35F3N6O. The molecule has 0 atom stereocenters. The van der Waals surface area contributed by atoms with E-state index in [1.54, 1.807) is 18.5 Å². The number of likely N-dealkylation sites (tertiary alicyclic amines) is 1. The summed E-state index contributed by atoms with van der Waals surface area (Å²) in [5, 5.41) is 0. The molecule has 1 aliphatic rings. The van der Waals surface area contributed by atoms with Crippen LogP contribution < -0.4 is 4.90 Å². The summed E-state index contributed by atoms with van der Waals surface area (Å²) in [7, 11) is 1.99. The van der Waals surface area contributed by atoms with Gasteiger partial charge in [-0.05, 0) is 78.6 Å². The quantitative estimate of drug-likeness (QED) is 0.162. The maximum absolute atomic E-state index is 13.7. The number of fused-ring (bicyclic) bond motifs is 1. The van der Waals surface area contributed by atoms with Gasteiger partial charge in [-0.25, -0.2) is 4.98 Å². The van der Waals surface area contributed by atoms with E-state index in [2.05, 4.69) is 24.2 Å². The van der Waals surface area contributed by atoms with E-state index in [4.69, 9.17) is 0 Å². The first kappa shape index (κ1) is 31.0. The molecular weight excluding hydrogens is 589 g/mol. The first-order valence-electron chi connectivity index (χ1n) is 15.3. The van der Waals surface area contributed by atoms with Gasteiger partial charge in [0.25, 0.3) is 0 Å². The molecule has 236 valence electrons. The zero-order valence-electron chi connectivity index (χ0n) is 25.5. The predicted octanol–water partition coefficient (Wildman–Crippen LogP) is 7.22. The smallest absolute Gasteiger partial charge is 0.345 e. The molecule has 6 rings (SSSR count). The Kier molecular flexibility index (Phi) is 9.16. The molecule has 1 amide bonds. The zero-order chi connectivity index (χ0) is 32.1. The van der Waals surface area contributed by atoms with Crippen molar-refractivity contribution in [3.8, 4) is 0 Å². The highest BCUT2D eigenvalue weighted by Crippen LogP contribution is 2.29. The highest BCUT2D eigenvalue weighted by atomic mass is 19.4. The number of piperidine rings is 1. The van der Waals surface area contributed by atoms with E-state index in [0.29, 0.717) is 12.1 Å². The lowest BCUT2D eigenvalue weighted by atomic mass is 10.0. The van der Waals surface area contributed by atoms with Crippen molar-refractivity contribution < 1.29 is 18.0 Å². The van der Waals surface area contributed by atoms with Crippen molar-refractivity contribution in [3.63, 3.8) is 0 Å². The Hall–Kier alpha value is -4.96. The minimum absolute atomic E-state index is 0.0113. The van der Waals surface area contributed by atoms with Crippen molar-refractivity contribution in [1.29, 1.82) is 0 Å². The second-order valence-electron chi connectivity index (χ2n) is 11.5. The van der Waals surface area contributed by atoms with E-state index >= 15 is 0 Å². The van der Waals surface area contributed by atoms with Crippen LogP contribution in [0, 0.1) is 0 Å². The molecule has 0 unspecified atom stereocenters. The first-order valence-corrected chi connectivity index (χ1v) is 15.3. The normalized spacial score (nSPS) is 14.6. The Labute approximate surface area is 266 Å². The maximum Gasteiger partial charge on any atom is 0.416 e. The van der Waals surface area contributed by atoms with Crippen LogP contribution in [0.1, 0.15) is 35.4 Å². The number of nitrogens with zero attached hydrogens (tertiary/aromatic N) is 6. The standard InChI is InChI=1S/C36H35F3N6O/c1-42(31-15-19-40-20-16-31)30-12-7-28(8-13-30)25-45(35(46)14-9-27-5-10-29(11-6-27)36(37,38)39)32-17-22-43(23-18-32)26-34-41-24-33-4-2-3-21-44(33)34/h2-16,19-21,24,32H,17-18,22-23,25-26H2,1H3. The second kappa shape index (κ2) is 13.6. The van der Waals surface area contributed by atoms with Crippen LogP contribution in [-0.4, -0.2) is 56.3 Å². The second-order valence-corrected chi connectivity index (χ2v) is 11.5. The van der Waals surface area contributed by atoms with Crippen LogP contribution >= 0.6 is 0 Å². The Balaban J connectivity index is 1.16. The molecule has 0 spiro atoms. The van der Waals surface area contributed by atoms with Crippen LogP contribution in [0.25, 0.3) is 11.6 Å². The fraction of sp³-hybridized carbons (Fsp3) is 0.250. The summed E-state index contributed by atoms with van der Waals surface area (Å²) < 4.78 is 41.2. The molecule has 1 aliphatic heterocycles. The molecule has 46 heavy (non-hydrogen) atoms. The molecule has 7 nitrogen and oxygen atoms in total. The first-order chi connectivity index (χ1) is 22.2. The Morgan fingerprint density at radius 1 is 0.935 bits per heavy atom. The van der Waals surface area contributed by atoms with Gasteiger partial charge in [0.05, 0.1) is 23.8 Å². The predicted molar refractivity (Wildman–Crippen MR) is 173 cm³/mol. The molecule has 10 heteroatoms. The number of rotatable bonds is 9. The van der Waals surface area contributed by atoms with Crippen LogP contribution in [-0.2, 0) is 24.1 Å². The van der Waals surface area contributed by atoms with E-state index in [1.807, 2.05) is 78.9 Å². The number of anilines is 2. The fourth-order valence-corrected chi connectivity index (χ4v) is 5.88. The number of aromatic nitrogens is 3. The third-order valence-electron chi connectivity index (χ3n) is 8.54. The minimum Gasteiger partial charge on any atom is -0.345 e. The van der Waals surface area contributed by atoms with Gasteiger partial charge in [-0.2, -0.15) is 13.2 Å². The van der Waals surface area contributed by atoms with E-state index in [0.717, 1.165) is 72.9 Å². The summed E-state index contributed by atoms with van der Waals surface area (Å²) in [5.74, 6) is 0.814. The van der Waals surface area contributed by atoms with Crippen molar-refractivity contribution in [2.24, 2.45) is 0 Å². The third kappa shape index (κ3) is 7.29. The summed E-state index contributed by atoms with van der Waals surface area (Å²) in [6.45, 7) is 2.77. The van der Waals surface area contributed by atoms with Gasteiger partial charge in [0, 0.05) is 68.8 Å². The van der Waals surface area contributed by atoms with Crippen LogP contribution in [0.15, 0.2) is 110 Å². The number of halogens is 3. The molecule has 3 aromatic heterocycles. The molecule has 2 aromatic carbocycles. The lowest BCUT2D eigenvalue weighted by Crippen LogP contribution is -2.46. The number of amides is 1. The SMILES string of the molecule is CN(c1ccncc1)c1ccc(CN(C(=O)C=Cc2ccc(C(F)(F)F)cc2)C2CCN(Cc3ncc4ccccn34)CC2)cc1. The Bertz CT molecular complexity index is 1780. The van der Waals surface area contributed by atoms with Crippen LogP contribution in [0.2, 0.25) is 0 Å². The summed E-state index contributed by atoms with van der Waals surface area (Å²) >= 11 is 0. The maximum atomic E-state index is 13.7. The van der Waals surface area contributed by atoms with Crippen LogP contribution in [0.5, 0.6) is 0 Å². The van der Waals surface area contributed by atoms with Gasteiger partial charge in [0.15, 0.2) is 0 Å². The molecule has 0 N–H and O–H groups in total. The monoisotopic (exact) mass is 624 g/mol.